The number of nitrogens with zero attached hydrogens (tertiary/aromatic N) is 3. The fraction of sp³-hybridized carbons (Fsp3) is 0.350. The molecule has 1 aromatic carbocycles. The molecule has 2 aliphatic rings. The smallest absolute Gasteiger partial charge is 0.446 e. The van der Waals surface area contributed by atoms with Crippen molar-refractivity contribution < 1.29 is 23.7 Å². The van der Waals surface area contributed by atoms with Crippen LogP contribution in [-0.2, 0) is 14.3 Å². The van der Waals surface area contributed by atoms with Crippen molar-refractivity contribution in [3.63, 3.8) is 0 Å². The van der Waals surface area contributed by atoms with Crippen LogP contribution in [0.15, 0.2) is 34.5 Å². The molecular formula is C20H23N4O4+. The predicted octanol–water partition coefficient (Wildman–Crippen LogP) is 1.87. The molecule has 0 saturated carbocycles. The Morgan fingerprint density at radius 2 is 2.00 bits per heavy atom. The number of nitrogens with one attached hydrogen (secondary N) is 1. The van der Waals surface area contributed by atoms with Crippen LogP contribution in [0.5, 0.6) is 0 Å². The maximum atomic E-state index is 13.0. The lowest BCUT2D eigenvalue weighted by atomic mass is 9.96. The van der Waals surface area contributed by atoms with Gasteiger partial charge in [0.2, 0.25) is 0 Å². The van der Waals surface area contributed by atoms with E-state index < -0.39 is 23.8 Å². The van der Waals surface area contributed by atoms with E-state index in [-0.39, 0.29) is 6.54 Å². The van der Waals surface area contributed by atoms with Gasteiger partial charge in [-0.25, -0.2) is 4.79 Å². The fourth-order valence-corrected chi connectivity index (χ4v) is 3.31. The van der Waals surface area contributed by atoms with Gasteiger partial charge in [0.05, 0.1) is 14.2 Å². The molecule has 0 spiro atoms. The highest BCUT2D eigenvalue weighted by molar-refractivity contribution is 6.17. The molecule has 0 radical (unpaired) electrons. The number of aliphatic imine (C=N–C) groups is 1. The number of amides is 4. The van der Waals surface area contributed by atoms with Gasteiger partial charge in [0.25, 0.3) is 11.7 Å². The van der Waals surface area contributed by atoms with Crippen LogP contribution in [0.25, 0.3) is 0 Å². The summed E-state index contributed by atoms with van der Waals surface area (Å²) in [6.45, 7) is 5.18. The molecule has 3 rings (SSSR count). The summed E-state index contributed by atoms with van der Waals surface area (Å²) in [6.07, 6.45) is 1.56. The van der Waals surface area contributed by atoms with Gasteiger partial charge in [0.15, 0.2) is 12.5 Å². The molecule has 2 aliphatic heterocycles. The first-order valence-electron chi connectivity index (χ1n) is 8.86. The summed E-state index contributed by atoms with van der Waals surface area (Å²) in [5.41, 5.74) is 3.24. The Bertz CT molecular complexity index is 974. The van der Waals surface area contributed by atoms with Crippen molar-refractivity contribution in [1.82, 2.24) is 4.90 Å². The second kappa shape index (κ2) is 7.38. The van der Waals surface area contributed by atoms with E-state index in [1.165, 1.54) is 18.7 Å². The third-order valence-corrected chi connectivity index (χ3v) is 4.86. The highest BCUT2D eigenvalue weighted by Gasteiger charge is 2.50. The fourth-order valence-electron chi connectivity index (χ4n) is 3.31. The summed E-state index contributed by atoms with van der Waals surface area (Å²) < 4.78 is 6.66. The first-order chi connectivity index (χ1) is 13.2. The number of amidine groups is 1. The normalized spacial score (nSPS) is 19.2. The van der Waals surface area contributed by atoms with Gasteiger partial charge in [0, 0.05) is 11.3 Å². The molecule has 2 heterocycles. The van der Waals surface area contributed by atoms with Gasteiger partial charge in [-0.2, -0.15) is 9.48 Å². The van der Waals surface area contributed by atoms with Gasteiger partial charge in [-0.05, 0) is 38.0 Å². The monoisotopic (exact) mass is 383 g/mol. The van der Waals surface area contributed by atoms with Crippen LogP contribution < -0.4 is 5.32 Å². The van der Waals surface area contributed by atoms with Crippen molar-refractivity contribution in [2.75, 3.05) is 26.0 Å². The lowest BCUT2D eigenvalue weighted by Gasteiger charge is -2.28. The molecule has 0 aliphatic carbocycles. The number of aryl methyl sites for hydroxylation is 2. The van der Waals surface area contributed by atoms with Gasteiger partial charge in [-0.3, -0.25) is 9.59 Å². The minimum atomic E-state index is -0.841. The zero-order valence-electron chi connectivity index (χ0n) is 16.6. The van der Waals surface area contributed by atoms with Crippen LogP contribution in [0, 0.1) is 19.8 Å². The third kappa shape index (κ3) is 3.33. The number of rotatable bonds is 4. The highest BCUT2D eigenvalue weighted by Crippen LogP contribution is 2.27. The molecular weight excluding hydrogens is 360 g/mol. The number of benzene rings is 1. The van der Waals surface area contributed by atoms with Crippen molar-refractivity contribution in [1.29, 1.82) is 0 Å². The first-order valence-corrected chi connectivity index (χ1v) is 8.86. The number of carbonyl (C=O) groups is 3. The number of hydrogen-bond donors (Lipinski definition) is 1. The number of dihydropyridines is 1. The molecule has 0 saturated heterocycles. The average molecular weight is 383 g/mol. The summed E-state index contributed by atoms with van der Waals surface area (Å²) in [4.78, 5) is 43.4. The van der Waals surface area contributed by atoms with Crippen molar-refractivity contribution in [2.24, 2.45) is 10.9 Å². The molecule has 1 aromatic rings. The molecule has 4 amide bonds. The van der Waals surface area contributed by atoms with E-state index in [1.54, 1.807) is 13.1 Å². The van der Waals surface area contributed by atoms with Crippen LogP contribution in [0.3, 0.4) is 0 Å². The highest BCUT2D eigenvalue weighted by atomic mass is 16.5. The third-order valence-electron chi connectivity index (χ3n) is 4.86. The Labute approximate surface area is 163 Å². The van der Waals surface area contributed by atoms with E-state index in [0.717, 1.165) is 16.0 Å². The molecule has 0 fully saturated rings. The SMILES string of the molecule is COC1=C(C)C=NC2=[N+](C)C(=O)N(CC(=O)Nc3cc(C)ccc3C)C(=O)C12. The van der Waals surface area contributed by atoms with Crippen molar-refractivity contribution >= 4 is 35.6 Å². The maximum absolute atomic E-state index is 13.0. The Kier molecular flexibility index (Phi) is 5.13. The van der Waals surface area contributed by atoms with E-state index in [1.807, 2.05) is 32.0 Å². The zero-order valence-corrected chi connectivity index (χ0v) is 16.6. The standard InChI is InChI=1S/C20H22N4O4/c1-11-6-7-12(2)14(8-11)22-15(25)10-24-19(26)16-17(28-5)13(3)9-21-18(16)23(4)20(24)27/h6-9,16H,10H2,1-5H3/p+1. The second-order valence-electron chi connectivity index (χ2n) is 6.93. The molecule has 1 atom stereocenters. The van der Waals surface area contributed by atoms with Crippen LogP contribution in [-0.4, -0.2) is 60.1 Å². The number of carbonyl (C=O) groups excluding carboxylic acids is 3. The lowest BCUT2D eigenvalue weighted by molar-refractivity contribution is -0.408. The molecule has 8 nitrogen and oxygen atoms in total. The van der Waals surface area contributed by atoms with E-state index in [9.17, 15) is 14.4 Å². The van der Waals surface area contributed by atoms with Gasteiger partial charge in [0.1, 0.15) is 12.0 Å². The molecule has 0 aromatic heterocycles. The van der Waals surface area contributed by atoms with Crippen molar-refractivity contribution in [3.8, 4) is 0 Å². The number of imide groups is 1. The minimum Gasteiger partial charge on any atom is -0.499 e. The van der Waals surface area contributed by atoms with E-state index >= 15 is 0 Å². The predicted molar refractivity (Wildman–Crippen MR) is 105 cm³/mol. The lowest BCUT2D eigenvalue weighted by Crippen LogP contribution is -2.56. The van der Waals surface area contributed by atoms with Gasteiger partial charge in [-0.15, -0.1) is 4.99 Å². The van der Waals surface area contributed by atoms with Crippen molar-refractivity contribution in [3.05, 3.63) is 40.7 Å². The Balaban J connectivity index is 1.87. The second-order valence-corrected chi connectivity index (χ2v) is 6.93. The average Bonchev–Trinajstić information content (AvgIpc) is 2.66. The minimum absolute atomic E-state index is 0.295. The summed E-state index contributed by atoms with van der Waals surface area (Å²) >= 11 is 0. The number of ether oxygens (including phenoxy) is 1. The van der Waals surface area contributed by atoms with E-state index in [0.29, 0.717) is 22.9 Å². The van der Waals surface area contributed by atoms with Crippen LogP contribution in [0.4, 0.5) is 10.5 Å². The van der Waals surface area contributed by atoms with Crippen LogP contribution >= 0.6 is 0 Å². The quantitative estimate of drug-likeness (QED) is 0.804. The summed E-state index contributed by atoms with van der Waals surface area (Å²) in [6, 6.07) is 5.09. The Morgan fingerprint density at radius 1 is 1.29 bits per heavy atom. The molecule has 0 bridgehead atoms. The molecule has 28 heavy (non-hydrogen) atoms. The largest absolute Gasteiger partial charge is 0.499 e. The van der Waals surface area contributed by atoms with E-state index in [2.05, 4.69) is 10.3 Å². The number of allylic oxidation sites excluding steroid dienone is 1. The molecule has 8 heteroatoms. The zero-order chi connectivity index (χ0) is 20.6. The van der Waals surface area contributed by atoms with Crippen LogP contribution in [0.2, 0.25) is 0 Å². The number of urea groups is 1. The van der Waals surface area contributed by atoms with Crippen molar-refractivity contribution in [2.45, 2.75) is 20.8 Å². The maximum Gasteiger partial charge on any atom is 0.446 e. The first kappa shape index (κ1) is 19.5. The topological polar surface area (TPSA) is 91.1 Å². The summed E-state index contributed by atoms with van der Waals surface area (Å²) in [7, 11) is 2.99. The number of methoxy groups -OCH3 is 1. The van der Waals surface area contributed by atoms with Gasteiger partial charge >= 0.3 is 11.9 Å². The Hall–Kier alpha value is -3.29. The number of hydrogen-bond acceptors (Lipinski definition) is 5. The summed E-state index contributed by atoms with van der Waals surface area (Å²) in [5.74, 6) is -1.10. The summed E-state index contributed by atoms with van der Waals surface area (Å²) in [5, 5.41) is 2.78. The molecule has 1 N–H and O–H groups in total. The van der Waals surface area contributed by atoms with Crippen LogP contribution in [0.1, 0.15) is 18.1 Å². The number of fused-ring (bicyclic) bond motifs is 1. The number of anilines is 1. The van der Waals surface area contributed by atoms with E-state index in [4.69, 9.17) is 4.74 Å². The van der Waals surface area contributed by atoms with Gasteiger partial charge in [-0.1, -0.05) is 12.1 Å². The Morgan fingerprint density at radius 3 is 2.68 bits per heavy atom. The molecule has 146 valence electrons. The van der Waals surface area contributed by atoms with Gasteiger partial charge < -0.3 is 10.1 Å². The molecule has 1 unspecified atom stereocenters.